The summed E-state index contributed by atoms with van der Waals surface area (Å²) in [6.45, 7) is 35.3. The lowest BCUT2D eigenvalue weighted by atomic mass is 10.1. The first-order valence-corrected chi connectivity index (χ1v) is 34.1. The summed E-state index contributed by atoms with van der Waals surface area (Å²) in [6.07, 6.45) is 9.94. The number of carbonyl (C=O) groups is 9. The molecule has 0 spiro atoms. The molecule has 0 radical (unpaired) electrons. The molecule has 9 saturated heterocycles. The maximum atomic E-state index is 12.5. The first-order chi connectivity index (χ1) is 43.6. The van der Waals surface area contributed by atoms with E-state index in [1.165, 1.54) is 51.4 Å². The van der Waals surface area contributed by atoms with Gasteiger partial charge in [0, 0.05) is 104 Å². The third-order valence-electron chi connectivity index (χ3n) is 16.8. The van der Waals surface area contributed by atoms with Crippen molar-refractivity contribution in [1.82, 2.24) is 44.1 Å². The van der Waals surface area contributed by atoms with E-state index < -0.39 is 18.3 Å². The Morgan fingerprint density at radius 2 is 0.649 bits per heavy atom. The van der Waals surface area contributed by atoms with Crippen LogP contribution in [0, 0.1) is 0 Å². The molecule has 8 atom stereocenters. The van der Waals surface area contributed by atoms with Crippen LogP contribution in [0.1, 0.15) is 167 Å². The highest BCUT2D eigenvalue weighted by molar-refractivity contribution is 5.82. The van der Waals surface area contributed by atoms with Crippen LogP contribution >= 0.6 is 0 Å². The van der Waals surface area contributed by atoms with Crippen LogP contribution in [0.5, 0.6) is 0 Å². The number of rotatable bonds is 20. The summed E-state index contributed by atoms with van der Waals surface area (Å²) >= 11 is 0. The smallest absolute Gasteiger partial charge is 0.261 e. The Labute approximate surface area is 561 Å². The van der Waals surface area contributed by atoms with Gasteiger partial charge in [-0.3, -0.25) is 87.3 Å². The third-order valence-corrected chi connectivity index (χ3v) is 16.8. The first-order valence-electron chi connectivity index (χ1n) is 34.1. The molecule has 94 heavy (non-hydrogen) atoms. The number of likely N-dealkylation sites (tertiary alicyclic amines) is 9. The highest BCUT2D eigenvalue weighted by Crippen LogP contribution is 2.26. The Bertz CT molecular complexity index is 1940. The lowest BCUT2D eigenvalue weighted by molar-refractivity contribution is -0.122. The molecule has 0 unspecified atom stereocenters. The highest BCUT2D eigenvalue weighted by Gasteiger charge is 2.38. The van der Waals surface area contributed by atoms with Crippen molar-refractivity contribution in [3.8, 4) is 0 Å². The first kappa shape index (κ1) is 90.2. The normalized spacial score (nSPS) is 25.3. The Balaban J connectivity index is 0.00000103. The van der Waals surface area contributed by atoms with Crippen LogP contribution in [0.3, 0.4) is 0 Å². The van der Waals surface area contributed by atoms with E-state index in [4.69, 9.17) is 21.7 Å². The molecular formula is C68H127F4N11O11. The van der Waals surface area contributed by atoms with E-state index in [0.717, 1.165) is 117 Å². The fourth-order valence-electron chi connectivity index (χ4n) is 12.6. The number of aliphatic hydroxyl groups is 2. The summed E-state index contributed by atoms with van der Waals surface area (Å²) in [5.41, 5.74) is 11.3. The Hall–Kier alpha value is -3.77. The summed E-state index contributed by atoms with van der Waals surface area (Å²) in [5.74, 6) is -0.920. The van der Waals surface area contributed by atoms with Crippen LogP contribution in [-0.4, -0.2) is 325 Å². The standard InChI is InChI=1S/2C9H17NO.C7H11F2NO.2C7H12FNO.2C7H14N2O.2C7H13NO2.CH4/c2*1-3-9(8(2)11)10-6-4-5-7-10;1-6(11)4-10-3-2-7(8,9)5-10;4*1-6(10)4-9-3-2-7(8)5-9;2*1-6(9)4-8-3-2-7(10)5-8;/h2*9H,3-7H2,1-2H3;2-5H2,1H3;2*7H,2-5H2,1H3;2*7H,2-5,8H2,1H3;2*7,10H,2-5H2,1H3;1H4/t2*9-;;6*7-;/m10.101010./s1. The molecule has 26 heteroatoms. The minimum atomic E-state index is -2.57. The number of Topliss-reactive ketones (excluding diaryl/α,β-unsaturated/α-hetero) is 9. The predicted octanol–water partition coefficient (Wildman–Crippen LogP) is 4.19. The van der Waals surface area contributed by atoms with Crippen LogP contribution in [0.25, 0.3) is 0 Å². The van der Waals surface area contributed by atoms with Gasteiger partial charge in [0.1, 0.15) is 64.4 Å². The highest BCUT2D eigenvalue weighted by atomic mass is 19.3. The quantitative estimate of drug-likeness (QED) is 0.124. The molecule has 9 aliphatic rings. The molecule has 0 amide bonds. The summed E-state index contributed by atoms with van der Waals surface area (Å²) in [4.78, 5) is 114. The van der Waals surface area contributed by atoms with E-state index in [-0.39, 0.29) is 91.7 Å². The number of aliphatic hydroxyl groups excluding tert-OH is 2. The van der Waals surface area contributed by atoms with Gasteiger partial charge in [0.05, 0.1) is 76.6 Å². The molecule has 0 aromatic carbocycles. The molecule has 9 aliphatic heterocycles. The van der Waals surface area contributed by atoms with Crippen LogP contribution in [0.2, 0.25) is 0 Å². The Kier molecular flexibility index (Phi) is 47.7. The number of hydrogen-bond donors (Lipinski definition) is 4. The molecule has 0 aliphatic carbocycles. The number of β-amino-alcohol motifs (C(OH)–C–C–N with tert-alkyl or cyclic N) is 2. The summed E-state index contributed by atoms with van der Waals surface area (Å²) in [7, 11) is 0. The molecular weight excluding hydrogens is 1220 g/mol. The Morgan fingerprint density at radius 1 is 0.394 bits per heavy atom. The number of hydrogen-bond acceptors (Lipinski definition) is 22. The largest absolute Gasteiger partial charge is 0.392 e. The van der Waals surface area contributed by atoms with Gasteiger partial charge < -0.3 is 21.7 Å². The van der Waals surface area contributed by atoms with Crippen LogP contribution in [0.15, 0.2) is 0 Å². The number of halogens is 4. The fourth-order valence-corrected chi connectivity index (χ4v) is 12.6. The maximum Gasteiger partial charge on any atom is 0.261 e. The zero-order valence-electron chi connectivity index (χ0n) is 58.7. The van der Waals surface area contributed by atoms with Gasteiger partial charge in [-0.1, -0.05) is 21.3 Å². The Morgan fingerprint density at radius 3 is 0.840 bits per heavy atom. The SMILES string of the molecule is C.CC(=O)CN1CCC(F)(F)C1.CC(=O)CN1CC[C@@H](F)C1.CC(=O)CN1CC[C@@H](N)C1.CC(=O)CN1CC[C@@H](O)C1.CC(=O)CN1CC[C@H](F)C1.CC(=O)CN1CC[C@H](N)C1.CC(=O)CN1CC[C@H](O)C1.CC[C@@H](C(C)=O)N1CCCC1.CC[C@H](C(C)=O)N1CCCC1. The average molecular weight is 1350 g/mol. The summed E-state index contributed by atoms with van der Waals surface area (Å²) in [6, 6.07) is 0.994. The second-order valence-electron chi connectivity index (χ2n) is 27.0. The van der Waals surface area contributed by atoms with E-state index in [1.54, 1.807) is 41.5 Å². The van der Waals surface area contributed by atoms with Crippen molar-refractivity contribution >= 4 is 52.0 Å². The van der Waals surface area contributed by atoms with E-state index in [1.807, 2.05) is 19.6 Å². The molecule has 0 saturated carbocycles. The van der Waals surface area contributed by atoms with Gasteiger partial charge >= 0.3 is 0 Å². The predicted molar refractivity (Wildman–Crippen MR) is 363 cm³/mol. The molecule has 548 valence electrons. The van der Waals surface area contributed by atoms with Crippen molar-refractivity contribution in [3.05, 3.63) is 0 Å². The van der Waals surface area contributed by atoms with Gasteiger partial charge in [-0.15, -0.1) is 0 Å². The van der Waals surface area contributed by atoms with Crippen LogP contribution in [-0.2, 0) is 43.2 Å². The van der Waals surface area contributed by atoms with Gasteiger partial charge in [0.15, 0.2) is 0 Å². The number of alkyl halides is 4. The zero-order valence-corrected chi connectivity index (χ0v) is 58.7. The van der Waals surface area contributed by atoms with Crippen molar-refractivity contribution in [3.63, 3.8) is 0 Å². The minimum absolute atomic E-state index is 0. The number of carbonyl (C=O) groups excluding carboxylic acids is 9. The van der Waals surface area contributed by atoms with Crippen molar-refractivity contribution in [2.24, 2.45) is 11.5 Å². The summed E-state index contributed by atoms with van der Waals surface area (Å²) in [5, 5.41) is 18.1. The van der Waals surface area contributed by atoms with Crippen molar-refractivity contribution < 1.29 is 70.9 Å². The molecule has 9 fully saturated rings. The monoisotopic (exact) mass is 1350 g/mol. The van der Waals surface area contributed by atoms with E-state index in [0.29, 0.717) is 108 Å². The number of ketones is 9. The number of nitrogens with two attached hydrogens (primary N) is 2. The van der Waals surface area contributed by atoms with Crippen molar-refractivity contribution in [1.29, 1.82) is 0 Å². The lowest BCUT2D eigenvalue weighted by Crippen LogP contribution is -2.37. The topological polar surface area (TPSA) is 275 Å². The van der Waals surface area contributed by atoms with Gasteiger partial charge in [0.2, 0.25) is 0 Å². The van der Waals surface area contributed by atoms with E-state index >= 15 is 0 Å². The molecule has 22 nitrogen and oxygen atoms in total. The fraction of sp³-hybridized carbons (Fsp3) is 0.868. The average Bonchev–Trinajstić information content (AvgIpc) is 1.96. The van der Waals surface area contributed by atoms with E-state index in [9.17, 15) is 60.7 Å². The molecule has 6 N–H and O–H groups in total. The number of nitrogens with zero attached hydrogens (tertiary/aromatic N) is 9. The zero-order chi connectivity index (χ0) is 70.4. The van der Waals surface area contributed by atoms with Crippen molar-refractivity contribution in [2.45, 2.75) is 222 Å². The van der Waals surface area contributed by atoms with Gasteiger partial charge in [-0.25, -0.2) is 17.6 Å². The summed E-state index contributed by atoms with van der Waals surface area (Å²) < 4.78 is 49.9. The molecule has 0 bridgehead atoms. The van der Waals surface area contributed by atoms with Gasteiger partial charge in [-0.2, -0.15) is 0 Å². The lowest BCUT2D eigenvalue weighted by Gasteiger charge is -2.23. The van der Waals surface area contributed by atoms with Crippen molar-refractivity contribution in [2.75, 3.05) is 164 Å². The van der Waals surface area contributed by atoms with Gasteiger partial charge in [0.25, 0.3) is 5.92 Å². The second-order valence-corrected chi connectivity index (χ2v) is 27.0. The molecule has 9 heterocycles. The minimum Gasteiger partial charge on any atom is -0.392 e. The third kappa shape index (κ3) is 44.2. The second kappa shape index (κ2) is 49.7. The molecule has 0 aromatic rings. The molecule has 9 rings (SSSR count). The van der Waals surface area contributed by atoms with Crippen LogP contribution < -0.4 is 11.5 Å². The van der Waals surface area contributed by atoms with Gasteiger partial charge in [-0.05, 0) is 166 Å². The maximum absolute atomic E-state index is 12.5. The molecule has 0 aromatic heterocycles. The van der Waals surface area contributed by atoms with E-state index in [2.05, 4.69) is 33.4 Å². The van der Waals surface area contributed by atoms with Crippen LogP contribution in [0.4, 0.5) is 17.6 Å².